The Labute approximate surface area is 152 Å². The first kappa shape index (κ1) is 15.4. The Morgan fingerprint density at radius 1 is 1.00 bits per heavy atom. The van der Waals surface area contributed by atoms with Crippen LogP contribution in [0.25, 0.3) is 17.2 Å². The van der Waals surface area contributed by atoms with Gasteiger partial charge in [-0.15, -0.1) is 0 Å². The molecule has 2 saturated carbocycles. The molecule has 2 aromatic carbocycles. The molecule has 0 aliphatic heterocycles. The molecule has 0 atom stereocenters. The summed E-state index contributed by atoms with van der Waals surface area (Å²) >= 11 is 0. The van der Waals surface area contributed by atoms with Crippen molar-refractivity contribution < 1.29 is 0 Å². The molecule has 2 bridgehead atoms. The first-order valence-electron chi connectivity index (χ1n) is 10.0. The van der Waals surface area contributed by atoms with Gasteiger partial charge >= 0.3 is 0 Å². The zero-order valence-corrected chi connectivity index (χ0v) is 15.6. The van der Waals surface area contributed by atoms with Gasteiger partial charge in [-0.2, -0.15) is 0 Å². The van der Waals surface area contributed by atoms with Crippen molar-refractivity contribution in [2.75, 3.05) is 0 Å². The monoisotopic (exact) mass is 328 g/mol. The van der Waals surface area contributed by atoms with Crippen LogP contribution in [0.2, 0.25) is 0 Å². The normalized spacial score (nSPS) is 26.8. The molecule has 3 aliphatic carbocycles. The van der Waals surface area contributed by atoms with Crippen molar-refractivity contribution in [3.63, 3.8) is 0 Å². The van der Waals surface area contributed by atoms with E-state index in [1.807, 2.05) is 0 Å². The van der Waals surface area contributed by atoms with Crippen LogP contribution in [0, 0.1) is 25.2 Å². The van der Waals surface area contributed by atoms with Crippen molar-refractivity contribution in [1.82, 2.24) is 0 Å². The molecule has 0 unspecified atom stereocenters. The quantitative estimate of drug-likeness (QED) is 0.576. The van der Waals surface area contributed by atoms with E-state index in [-0.39, 0.29) is 0 Å². The van der Waals surface area contributed by atoms with Crippen molar-refractivity contribution in [3.05, 3.63) is 64.2 Å². The Hall–Kier alpha value is -1.82. The molecule has 0 spiro atoms. The smallest absolute Gasteiger partial charge is 0.00574 e. The molecular weight excluding hydrogens is 300 g/mol. The molecule has 3 aliphatic rings. The van der Waals surface area contributed by atoms with Gasteiger partial charge in [-0.1, -0.05) is 59.2 Å². The molecule has 0 nitrogen and oxygen atoms in total. The molecular formula is C25H28. The van der Waals surface area contributed by atoms with Crippen LogP contribution in [-0.2, 0) is 6.42 Å². The Bertz CT molecular complexity index is 839. The summed E-state index contributed by atoms with van der Waals surface area (Å²) in [6.07, 6.45) is 12.5. The van der Waals surface area contributed by atoms with Gasteiger partial charge in [-0.05, 0) is 92.4 Å². The predicted molar refractivity (Wildman–Crippen MR) is 107 cm³/mol. The van der Waals surface area contributed by atoms with Crippen LogP contribution < -0.4 is 0 Å². The highest BCUT2D eigenvalue weighted by Crippen LogP contribution is 2.57. The van der Waals surface area contributed by atoms with Gasteiger partial charge in [0.05, 0.1) is 0 Å². The SMILES string of the molecule is Cc1cc(C)cc(-c2cccc3c2C=C(CC24CCC(CC2)C4)C3)c1. The molecule has 0 aromatic heterocycles. The van der Waals surface area contributed by atoms with Crippen molar-refractivity contribution in [2.45, 2.75) is 58.8 Å². The van der Waals surface area contributed by atoms with Gasteiger partial charge < -0.3 is 0 Å². The average Bonchev–Trinajstić information content (AvgIpc) is 3.26. The standard InChI is InChI=1S/C25H28/c1-17-10-18(2)12-22(11-17)23-5-3-4-21-13-20(14-24(21)23)16-25-8-6-19(15-25)7-9-25/h3-5,10-12,14,19H,6-9,13,15-16H2,1-2H3. The predicted octanol–water partition coefficient (Wildman–Crippen LogP) is 6.88. The van der Waals surface area contributed by atoms with E-state index in [0.717, 1.165) is 5.92 Å². The zero-order valence-electron chi connectivity index (χ0n) is 15.6. The highest BCUT2D eigenvalue weighted by Gasteiger charge is 2.45. The van der Waals surface area contributed by atoms with Gasteiger partial charge in [0.25, 0.3) is 0 Å². The first-order chi connectivity index (χ1) is 12.1. The molecule has 0 N–H and O–H groups in total. The lowest BCUT2D eigenvalue weighted by Gasteiger charge is -2.27. The summed E-state index contributed by atoms with van der Waals surface area (Å²) in [6.45, 7) is 4.41. The molecule has 0 radical (unpaired) electrons. The highest BCUT2D eigenvalue weighted by atomic mass is 14.5. The van der Waals surface area contributed by atoms with Gasteiger partial charge in [-0.25, -0.2) is 0 Å². The van der Waals surface area contributed by atoms with Gasteiger partial charge in [0.1, 0.15) is 0 Å². The van der Waals surface area contributed by atoms with Crippen LogP contribution >= 0.6 is 0 Å². The first-order valence-corrected chi connectivity index (χ1v) is 10.0. The fourth-order valence-electron chi connectivity index (χ4n) is 5.97. The van der Waals surface area contributed by atoms with Crippen molar-refractivity contribution in [2.24, 2.45) is 11.3 Å². The minimum Gasteiger partial charge on any atom is -0.0646 e. The molecule has 25 heavy (non-hydrogen) atoms. The third kappa shape index (κ3) is 2.67. The number of hydrogen-bond acceptors (Lipinski definition) is 0. The number of hydrogen-bond donors (Lipinski definition) is 0. The summed E-state index contributed by atoms with van der Waals surface area (Å²) in [5.41, 5.74) is 10.9. The van der Waals surface area contributed by atoms with Crippen LogP contribution in [0.3, 0.4) is 0 Å². The Balaban J connectivity index is 1.50. The average molecular weight is 328 g/mol. The molecule has 2 aromatic rings. The number of benzene rings is 2. The van der Waals surface area contributed by atoms with E-state index in [4.69, 9.17) is 0 Å². The lowest BCUT2D eigenvalue weighted by atomic mass is 9.78. The van der Waals surface area contributed by atoms with Crippen LogP contribution in [0.4, 0.5) is 0 Å². The van der Waals surface area contributed by atoms with E-state index < -0.39 is 0 Å². The molecule has 0 amide bonds. The number of fused-ring (bicyclic) bond motifs is 3. The summed E-state index contributed by atoms with van der Waals surface area (Å²) in [5.74, 6) is 1.05. The topological polar surface area (TPSA) is 0 Å². The fourth-order valence-corrected chi connectivity index (χ4v) is 5.97. The van der Waals surface area contributed by atoms with Gasteiger partial charge in [0, 0.05) is 0 Å². The lowest BCUT2D eigenvalue weighted by molar-refractivity contribution is 0.291. The van der Waals surface area contributed by atoms with E-state index in [1.165, 1.54) is 78.3 Å². The second kappa shape index (κ2) is 5.59. The molecule has 0 heteroatoms. The number of rotatable bonds is 3. The van der Waals surface area contributed by atoms with Crippen molar-refractivity contribution in [3.8, 4) is 11.1 Å². The third-order valence-corrected chi connectivity index (χ3v) is 6.98. The zero-order chi connectivity index (χ0) is 17.0. The van der Waals surface area contributed by atoms with Crippen LogP contribution in [0.15, 0.2) is 42.0 Å². The second-order valence-electron chi connectivity index (χ2n) is 9.06. The fraction of sp³-hybridized carbons (Fsp3) is 0.440. The minimum absolute atomic E-state index is 0.665. The summed E-state index contributed by atoms with van der Waals surface area (Å²) < 4.78 is 0. The molecule has 5 rings (SSSR count). The summed E-state index contributed by atoms with van der Waals surface area (Å²) in [5, 5.41) is 0. The molecule has 128 valence electrons. The van der Waals surface area contributed by atoms with E-state index >= 15 is 0 Å². The summed E-state index contributed by atoms with van der Waals surface area (Å²) in [6, 6.07) is 13.9. The maximum absolute atomic E-state index is 2.54. The van der Waals surface area contributed by atoms with E-state index in [9.17, 15) is 0 Å². The van der Waals surface area contributed by atoms with Gasteiger partial charge in [-0.3, -0.25) is 0 Å². The van der Waals surface area contributed by atoms with Crippen molar-refractivity contribution in [1.29, 1.82) is 0 Å². The van der Waals surface area contributed by atoms with Gasteiger partial charge in [0.2, 0.25) is 0 Å². The Morgan fingerprint density at radius 2 is 1.76 bits per heavy atom. The Morgan fingerprint density at radius 3 is 2.44 bits per heavy atom. The maximum atomic E-state index is 2.54. The maximum Gasteiger partial charge on any atom is -0.00574 e. The second-order valence-corrected chi connectivity index (χ2v) is 9.06. The van der Waals surface area contributed by atoms with Crippen LogP contribution in [0.5, 0.6) is 0 Å². The Kier molecular flexibility index (Phi) is 3.45. The lowest BCUT2D eigenvalue weighted by Crippen LogP contribution is -2.14. The number of aryl methyl sites for hydroxylation is 2. The van der Waals surface area contributed by atoms with Gasteiger partial charge in [0.15, 0.2) is 0 Å². The van der Waals surface area contributed by atoms with E-state index in [2.05, 4.69) is 56.3 Å². The number of allylic oxidation sites excluding steroid dienone is 1. The third-order valence-electron chi connectivity index (χ3n) is 6.98. The summed E-state index contributed by atoms with van der Waals surface area (Å²) in [7, 11) is 0. The highest BCUT2D eigenvalue weighted by molar-refractivity contribution is 5.81. The molecule has 0 saturated heterocycles. The van der Waals surface area contributed by atoms with Crippen molar-refractivity contribution >= 4 is 6.08 Å². The molecule has 0 heterocycles. The minimum atomic E-state index is 0.665. The largest absolute Gasteiger partial charge is 0.0646 e. The van der Waals surface area contributed by atoms with Crippen LogP contribution in [0.1, 0.15) is 60.8 Å². The summed E-state index contributed by atoms with van der Waals surface area (Å²) in [4.78, 5) is 0. The molecule has 2 fully saturated rings. The van der Waals surface area contributed by atoms with E-state index in [1.54, 1.807) is 5.57 Å². The van der Waals surface area contributed by atoms with E-state index in [0.29, 0.717) is 5.41 Å². The van der Waals surface area contributed by atoms with Crippen LogP contribution in [-0.4, -0.2) is 0 Å².